The number of fused-ring (bicyclic) bond motifs is 1. The molecule has 2 N–H and O–H groups in total. The average Bonchev–Trinajstić information content (AvgIpc) is 3.35. The van der Waals surface area contributed by atoms with Crippen LogP contribution in [0.4, 0.5) is 5.69 Å². The summed E-state index contributed by atoms with van der Waals surface area (Å²) in [6, 6.07) is 19.4. The van der Waals surface area contributed by atoms with Crippen LogP contribution in [0, 0.1) is 6.92 Å². The molecule has 30 heavy (non-hydrogen) atoms. The number of aliphatic imine (C=N–C) groups is 1. The highest BCUT2D eigenvalue weighted by molar-refractivity contribution is 14.0. The molecule has 2 aromatic carbocycles. The van der Waals surface area contributed by atoms with Gasteiger partial charge in [0.05, 0.1) is 11.0 Å². The van der Waals surface area contributed by atoms with E-state index in [-0.39, 0.29) is 24.0 Å². The number of aromatic nitrogens is 2. The summed E-state index contributed by atoms with van der Waals surface area (Å²) in [6.45, 7) is 5.98. The average molecular weight is 518 g/mol. The third-order valence-electron chi connectivity index (χ3n) is 5.57. The van der Waals surface area contributed by atoms with Crippen LogP contribution in [0.25, 0.3) is 11.0 Å². The molecule has 0 spiro atoms. The lowest BCUT2D eigenvalue weighted by atomic mass is 10.2. The number of para-hydroxylation sites is 3. The van der Waals surface area contributed by atoms with Gasteiger partial charge in [0.1, 0.15) is 5.82 Å². The number of hydrogen-bond donors (Lipinski definition) is 2. The zero-order chi connectivity index (χ0) is 20.1. The molecule has 1 aliphatic rings. The minimum atomic E-state index is 0. The summed E-state index contributed by atoms with van der Waals surface area (Å²) < 4.78 is 2.29. The molecular formula is C23H31IN6. The number of aryl methyl sites for hydroxylation is 2. The molecule has 1 aliphatic heterocycles. The van der Waals surface area contributed by atoms with Crippen molar-refractivity contribution in [3.05, 3.63) is 60.4 Å². The number of nitrogens with zero attached hydrogens (tertiary/aromatic N) is 4. The summed E-state index contributed by atoms with van der Waals surface area (Å²) in [5.74, 6) is 1.96. The maximum absolute atomic E-state index is 4.65. The molecule has 3 aromatic rings. The van der Waals surface area contributed by atoms with Gasteiger partial charge in [0.25, 0.3) is 0 Å². The van der Waals surface area contributed by atoms with E-state index in [1.54, 1.807) is 0 Å². The van der Waals surface area contributed by atoms with Gasteiger partial charge >= 0.3 is 0 Å². The Morgan fingerprint density at radius 1 is 1.13 bits per heavy atom. The van der Waals surface area contributed by atoms with Gasteiger partial charge in [-0.05, 0) is 44.0 Å². The number of hydrogen-bond acceptors (Lipinski definition) is 3. The fourth-order valence-electron chi connectivity index (χ4n) is 4.06. The van der Waals surface area contributed by atoms with Crippen molar-refractivity contribution in [3.8, 4) is 0 Å². The van der Waals surface area contributed by atoms with Crippen molar-refractivity contribution in [1.82, 2.24) is 20.2 Å². The normalized spacial score (nSPS) is 16.5. The molecule has 2 heterocycles. The van der Waals surface area contributed by atoms with Gasteiger partial charge in [0.15, 0.2) is 5.96 Å². The van der Waals surface area contributed by atoms with Crippen LogP contribution in [-0.2, 0) is 6.54 Å². The summed E-state index contributed by atoms with van der Waals surface area (Å²) in [5.41, 5.74) is 3.57. The third kappa shape index (κ3) is 5.24. The fraction of sp³-hybridized carbons (Fsp3) is 0.391. The first kappa shape index (κ1) is 22.4. The molecule has 1 saturated heterocycles. The first-order chi connectivity index (χ1) is 14.2. The maximum atomic E-state index is 4.65. The highest BCUT2D eigenvalue weighted by atomic mass is 127. The lowest BCUT2D eigenvalue weighted by molar-refractivity contribution is 0.609. The SMILES string of the molecule is CN=C(NCCCn1c(C)nc2ccccc21)NC1CCN(c2ccccc2)C1.I. The smallest absolute Gasteiger partial charge is 0.191 e. The molecule has 6 nitrogen and oxygen atoms in total. The number of imidazole rings is 1. The topological polar surface area (TPSA) is 57.5 Å². The Bertz CT molecular complexity index is 968. The van der Waals surface area contributed by atoms with Crippen molar-refractivity contribution in [2.45, 2.75) is 32.4 Å². The van der Waals surface area contributed by atoms with E-state index in [1.807, 2.05) is 13.1 Å². The molecule has 7 heteroatoms. The Balaban J connectivity index is 0.00000256. The largest absolute Gasteiger partial charge is 0.369 e. The van der Waals surface area contributed by atoms with Crippen molar-refractivity contribution >= 4 is 46.7 Å². The van der Waals surface area contributed by atoms with Crippen molar-refractivity contribution < 1.29 is 0 Å². The summed E-state index contributed by atoms with van der Waals surface area (Å²) in [4.78, 5) is 11.5. The van der Waals surface area contributed by atoms with Crippen LogP contribution in [0.3, 0.4) is 0 Å². The van der Waals surface area contributed by atoms with Crippen LogP contribution in [0.15, 0.2) is 59.6 Å². The number of nitrogens with one attached hydrogen (secondary N) is 2. The molecule has 0 saturated carbocycles. The van der Waals surface area contributed by atoms with Crippen molar-refractivity contribution in [1.29, 1.82) is 0 Å². The fourth-order valence-corrected chi connectivity index (χ4v) is 4.06. The standard InChI is InChI=1S/C23H30N6.HI/c1-18-26-21-11-6-7-12-22(21)29(18)15-8-14-25-23(24-2)27-19-13-16-28(17-19)20-9-4-3-5-10-20;/h3-7,9-12,19H,8,13-17H2,1-2H3,(H2,24,25,27);1H. The van der Waals surface area contributed by atoms with Crippen LogP contribution >= 0.6 is 24.0 Å². The predicted molar refractivity (Wildman–Crippen MR) is 136 cm³/mol. The number of guanidine groups is 1. The van der Waals surface area contributed by atoms with Gasteiger partial charge in [-0.3, -0.25) is 4.99 Å². The molecule has 1 aromatic heterocycles. The minimum absolute atomic E-state index is 0. The van der Waals surface area contributed by atoms with Crippen LogP contribution in [0.2, 0.25) is 0 Å². The van der Waals surface area contributed by atoms with Gasteiger partial charge in [-0.25, -0.2) is 4.98 Å². The summed E-state index contributed by atoms with van der Waals surface area (Å²) >= 11 is 0. The van der Waals surface area contributed by atoms with Crippen LogP contribution in [0.1, 0.15) is 18.7 Å². The molecule has 160 valence electrons. The van der Waals surface area contributed by atoms with Crippen molar-refractivity contribution in [2.24, 2.45) is 4.99 Å². The highest BCUT2D eigenvalue weighted by Gasteiger charge is 2.23. The Labute approximate surface area is 195 Å². The van der Waals surface area contributed by atoms with Crippen LogP contribution < -0.4 is 15.5 Å². The molecule has 0 aliphatic carbocycles. The second-order valence-corrected chi connectivity index (χ2v) is 7.56. The number of benzene rings is 2. The van der Waals surface area contributed by atoms with Crippen molar-refractivity contribution in [2.75, 3.05) is 31.6 Å². The molecule has 1 atom stereocenters. The minimum Gasteiger partial charge on any atom is -0.369 e. The first-order valence-corrected chi connectivity index (χ1v) is 10.4. The maximum Gasteiger partial charge on any atom is 0.191 e. The van der Waals surface area contributed by atoms with E-state index in [1.165, 1.54) is 11.2 Å². The summed E-state index contributed by atoms with van der Waals surface area (Å²) in [5, 5.41) is 7.05. The Morgan fingerprint density at radius 3 is 2.70 bits per heavy atom. The van der Waals surface area contributed by atoms with Gasteiger partial charge < -0.3 is 20.1 Å². The predicted octanol–water partition coefficient (Wildman–Crippen LogP) is 3.80. The van der Waals surface area contributed by atoms with Gasteiger partial charge in [-0.2, -0.15) is 0 Å². The monoisotopic (exact) mass is 518 g/mol. The molecule has 0 radical (unpaired) electrons. The second-order valence-electron chi connectivity index (χ2n) is 7.56. The van der Waals surface area contributed by atoms with Gasteiger partial charge in [0, 0.05) is 45.0 Å². The number of anilines is 1. The molecule has 4 rings (SSSR count). The Hall–Kier alpha value is -2.29. The van der Waals surface area contributed by atoms with Gasteiger partial charge in [0.2, 0.25) is 0 Å². The lowest BCUT2D eigenvalue weighted by Crippen LogP contribution is -2.45. The van der Waals surface area contributed by atoms with Gasteiger partial charge in [-0.15, -0.1) is 24.0 Å². The highest BCUT2D eigenvalue weighted by Crippen LogP contribution is 2.19. The summed E-state index contributed by atoms with van der Waals surface area (Å²) in [6.07, 6.45) is 2.14. The second kappa shape index (κ2) is 10.7. The molecule has 1 unspecified atom stereocenters. The molecule has 0 amide bonds. The van der Waals surface area contributed by atoms with Crippen LogP contribution in [0.5, 0.6) is 0 Å². The third-order valence-corrected chi connectivity index (χ3v) is 5.57. The zero-order valence-corrected chi connectivity index (χ0v) is 20.0. The molecular weight excluding hydrogens is 487 g/mol. The van der Waals surface area contributed by atoms with E-state index >= 15 is 0 Å². The van der Waals surface area contributed by atoms with Crippen LogP contribution in [-0.4, -0.2) is 48.2 Å². The van der Waals surface area contributed by atoms with E-state index in [0.717, 1.165) is 56.3 Å². The van der Waals surface area contributed by atoms with Crippen molar-refractivity contribution in [3.63, 3.8) is 0 Å². The Morgan fingerprint density at radius 2 is 1.90 bits per heavy atom. The molecule has 0 bridgehead atoms. The van der Waals surface area contributed by atoms with Gasteiger partial charge in [-0.1, -0.05) is 30.3 Å². The Kier molecular flexibility index (Phi) is 7.95. The number of halogens is 1. The van der Waals surface area contributed by atoms with E-state index in [9.17, 15) is 0 Å². The first-order valence-electron chi connectivity index (χ1n) is 10.4. The zero-order valence-electron chi connectivity index (χ0n) is 17.7. The van der Waals surface area contributed by atoms with E-state index in [0.29, 0.717) is 6.04 Å². The summed E-state index contributed by atoms with van der Waals surface area (Å²) in [7, 11) is 1.84. The van der Waals surface area contributed by atoms with E-state index < -0.39 is 0 Å². The quantitative estimate of drug-likeness (QED) is 0.226. The van der Waals surface area contributed by atoms with E-state index in [4.69, 9.17) is 0 Å². The molecule has 1 fully saturated rings. The lowest BCUT2D eigenvalue weighted by Gasteiger charge is -2.20. The van der Waals surface area contributed by atoms with E-state index in [2.05, 4.69) is 85.5 Å². The number of rotatable bonds is 6.